The minimum atomic E-state index is -4.71. The predicted molar refractivity (Wildman–Crippen MR) is 90.0 cm³/mol. The maximum atomic E-state index is 12.2. The highest BCUT2D eigenvalue weighted by molar-refractivity contribution is 8.03. The van der Waals surface area contributed by atoms with E-state index < -0.39 is 6.36 Å². The Bertz CT molecular complexity index is 726. The molecule has 0 bridgehead atoms. The lowest BCUT2D eigenvalue weighted by Crippen LogP contribution is -2.26. The Morgan fingerprint density at radius 3 is 2.00 bits per heavy atom. The first-order valence-corrected chi connectivity index (χ1v) is 7.84. The number of nitrogens with one attached hydrogen (secondary N) is 1. The highest BCUT2D eigenvalue weighted by Crippen LogP contribution is 2.29. The molecule has 0 spiro atoms. The Morgan fingerprint density at radius 2 is 1.56 bits per heavy atom. The van der Waals surface area contributed by atoms with Crippen molar-refractivity contribution in [3.05, 3.63) is 59.3 Å². The van der Waals surface area contributed by atoms with E-state index in [9.17, 15) is 13.2 Å². The molecule has 0 heterocycles. The van der Waals surface area contributed by atoms with E-state index in [1.54, 1.807) is 24.3 Å². The third-order valence-corrected chi connectivity index (χ3v) is 4.11. The molecule has 2 aromatic carbocycles. The second kappa shape index (κ2) is 8.15. The monoisotopic (exact) mass is 371 g/mol. The molecule has 0 aliphatic carbocycles. The van der Waals surface area contributed by atoms with Gasteiger partial charge in [-0.15, -0.1) is 13.2 Å². The Hall–Kier alpha value is -2.36. The summed E-state index contributed by atoms with van der Waals surface area (Å²) >= 11 is 1.22. The molecule has 0 aliphatic rings. The van der Waals surface area contributed by atoms with Gasteiger partial charge in [-0.1, -0.05) is 36.0 Å². The van der Waals surface area contributed by atoms with E-state index in [-0.39, 0.29) is 12.4 Å². The van der Waals surface area contributed by atoms with E-state index >= 15 is 0 Å². The Balaban J connectivity index is 2.11. The lowest BCUT2D eigenvalue weighted by Gasteiger charge is -2.10. The third-order valence-electron chi connectivity index (χ3n) is 3.13. The van der Waals surface area contributed by atoms with Gasteiger partial charge in [0.25, 0.3) is 0 Å². The SMILES string of the molecule is NN/C(CO)=C(\N)Sc1ccc(-c2ccc(OC(F)(F)F)cc2)cc1. The van der Waals surface area contributed by atoms with Crippen LogP contribution in [0.1, 0.15) is 0 Å². The first kappa shape index (κ1) is 19.0. The van der Waals surface area contributed by atoms with Gasteiger partial charge < -0.3 is 21.0 Å². The normalized spacial score (nSPS) is 12.5. The summed E-state index contributed by atoms with van der Waals surface area (Å²) in [4.78, 5) is 0.819. The number of hydrogen-bond donors (Lipinski definition) is 4. The van der Waals surface area contributed by atoms with Crippen molar-refractivity contribution < 1.29 is 23.0 Å². The number of benzene rings is 2. The van der Waals surface area contributed by atoms with Crippen molar-refractivity contribution in [2.45, 2.75) is 11.3 Å². The minimum absolute atomic E-state index is 0.271. The summed E-state index contributed by atoms with van der Waals surface area (Å²) in [5, 5.41) is 9.43. The predicted octanol–water partition coefficient (Wildman–Crippen LogP) is 2.93. The van der Waals surface area contributed by atoms with Crippen LogP contribution in [0.3, 0.4) is 0 Å². The molecule has 0 unspecified atom stereocenters. The summed E-state index contributed by atoms with van der Waals surface area (Å²) in [7, 11) is 0. The van der Waals surface area contributed by atoms with Crippen molar-refractivity contribution in [1.29, 1.82) is 0 Å². The zero-order valence-corrected chi connectivity index (χ0v) is 13.7. The smallest absolute Gasteiger partial charge is 0.406 e. The van der Waals surface area contributed by atoms with E-state index in [2.05, 4.69) is 10.2 Å². The highest BCUT2D eigenvalue weighted by atomic mass is 32.2. The number of thioether (sulfide) groups is 1. The average Bonchev–Trinajstić information content (AvgIpc) is 2.56. The summed E-state index contributed by atoms with van der Waals surface area (Å²) in [6.45, 7) is -0.306. The van der Waals surface area contributed by atoms with Crippen molar-refractivity contribution in [3.63, 3.8) is 0 Å². The van der Waals surface area contributed by atoms with Crippen molar-refractivity contribution in [3.8, 4) is 16.9 Å². The second-order valence-corrected chi connectivity index (χ2v) is 5.96. The first-order chi connectivity index (χ1) is 11.8. The lowest BCUT2D eigenvalue weighted by molar-refractivity contribution is -0.274. The standard InChI is InChI=1S/C16H16F3N3O2S/c17-16(18,19)24-12-5-1-10(2-6-12)11-3-7-13(8-4-11)25-15(20)14(9-23)22-21/h1-8,22-23H,9,20-21H2/b15-14+. The van der Waals surface area contributed by atoms with Crippen LogP contribution in [-0.2, 0) is 0 Å². The minimum Gasteiger partial charge on any atom is -0.406 e. The number of halogens is 3. The number of hydrogen-bond acceptors (Lipinski definition) is 6. The molecule has 0 saturated carbocycles. The van der Waals surface area contributed by atoms with Crippen LogP contribution in [0.2, 0.25) is 0 Å². The fourth-order valence-electron chi connectivity index (χ4n) is 1.95. The van der Waals surface area contributed by atoms with E-state index in [1.165, 1.54) is 23.9 Å². The van der Waals surface area contributed by atoms with Crippen molar-refractivity contribution in [1.82, 2.24) is 5.43 Å². The number of aliphatic hydroxyl groups excluding tert-OH is 1. The molecule has 0 saturated heterocycles. The molecule has 0 aromatic heterocycles. The van der Waals surface area contributed by atoms with Gasteiger partial charge in [-0.05, 0) is 35.4 Å². The zero-order valence-electron chi connectivity index (χ0n) is 12.9. The highest BCUT2D eigenvalue weighted by Gasteiger charge is 2.30. The summed E-state index contributed by atoms with van der Waals surface area (Å²) in [5.41, 5.74) is 10.0. The van der Waals surface area contributed by atoms with E-state index in [0.29, 0.717) is 10.7 Å². The number of ether oxygens (including phenoxy) is 1. The molecule has 25 heavy (non-hydrogen) atoms. The van der Waals surface area contributed by atoms with Crippen LogP contribution in [-0.4, -0.2) is 18.1 Å². The van der Waals surface area contributed by atoms with Gasteiger partial charge in [0, 0.05) is 4.90 Å². The number of alkyl halides is 3. The largest absolute Gasteiger partial charge is 0.573 e. The van der Waals surface area contributed by atoms with Crippen LogP contribution in [0.15, 0.2) is 64.2 Å². The van der Waals surface area contributed by atoms with Crippen LogP contribution < -0.4 is 21.7 Å². The Labute approximate surface area is 146 Å². The Morgan fingerprint density at radius 1 is 1.04 bits per heavy atom. The van der Waals surface area contributed by atoms with Crippen molar-refractivity contribution in [2.75, 3.05) is 6.61 Å². The van der Waals surface area contributed by atoms with Gasteiger partial charge in [0.15, 0.2) is 0 Å². The lowest BCUT2D eigenvalue weighted by atomic mass is 10.1. The van der Waals surface area contributed by atoms with Gasteiger partial charge in [0.1, 0.15) is 5.75 Å². The summed E-state index contributed by atoms with van der Waals surface area (Å²) < 4.78 is 40.3. The van der Waals surface area contributed by atoms with Crippen LogP contribution in [0, 0.1) is 0 Å². The second-order valence-electron chi connectivity index (χ2n) is 4.84. The van der Waals surface area contributed by atoms with Crippen molar-refractivity contribution >= 4 is 11.8 Å². The van der Waals surface area contributed by atoms with Crippen molar-refractivity contribution in [2.24, 2.45) is 11.6 Å². The molecule has 6 N–H and O–H groups in total. The Kier molecular flexibility index (Phi) is 6.18. The summed E-state index contributed by atoms with van der Waals surface area (Å²) in [6.07, 6.45) is -4.71. The van der Waals surface area contributed by atoms with Gasteiger partial charge in [-0.3, -0.25) is 5.84 Å². The topological polar surface area (TPSA) is 93.5 Å². The molecule has 0 aliphatic heterocycles. The molecule has 134 valence electrons. The average molecular weight is 371 g/mol. The van der Waals surface area contributed by atoms with Gasteiger partial charge in [0.05, 0.1) is 17.3 Å². The van der Waals surface area contributed by atoms with Crippen LogP contribution in [0.5, 0.6) is 5.75 Å². The molecule has 0 fully saturated rings. The van der Waals surface area contributed by atoms with E-state index in [0.717, 1.165) is 16.0 Å². The molecule has 2 aromatic rings. The third kappa shape index (κ3) is 5.59. The molecular weight excluding hydrogens is 355 g/mol. The van der Waals surface area contributed by atoms with Crippen LogP contribution >= 0.6 is 11.8 Å². The van der Waals surface area contributed by atoms with Gasteiger partial charge in [-0.2, -0.15) is 0 Å². The number of rotatable bonds is 6. The number of nitrogens with two attached hydrogens (primary N) is 2. The quantitative estimate of drug-likeness (QED) is 0.354. The fourth-order valence-corrected chi connectivity index (χ4v) is 2.72. The summed E-state index contributed by atoms with van der Waals surface area (Å²) in [6, 6.07) is 12.8. The molecule has 9 heteroatoms. The maximum Gasteiger partial charge on any atom is 0.573 e. The maximum absolute atomic E-state index is 12.2. The molecule has 5 nitrogen and oxygen atoms in total. The fraction of sp³-hybridized carbons (Fsp3) is 0.125. The van der Waals surface area contributed by atoms with Gasteiger partial charge in [-0.25, -0.2) is 0 Å². The first-order valence-electron chi connectivity index (χ1n) is 7.02. The molecule has 0 amide bonds. The molecule has 0 atom stereocenters. The van der Waals surface area contributed by atoms with Gasteiger partial charge >= 0.3 is 6.36 Å². The number of aliphatic hydroxyl groups is 1. The number of hydrazine groups is 1. The van der Waals surface area contributed by atoms with Crippen LogP contribution in [0.25, 0.3) is 11.1 Å². The van der Waals surface area contributed by atoms with Crippen LogP contribution in [0.4, 0.5) is 13.2 Å². The van der Waals surface area contributed by atoms with E-state index in [1.807, 2.05) is 12.1 Å². The zero-order chi connectivity index (χ0) is 18.4. The van der Waals surface area contributed by atoms with E-state index in [4.69, 9.17) is 16.7 Å². The summed E-state index contributed by atoms with van der Waals surface area (Å²) in [5.74, 6) is 4.98. The molecular formula is C16H16F3N3O2S. The van der Waals surface area contributed by atoms with Gasteiger partial charge in [0.2, 0.25) is 0 Å². The molecule has 2 rings (SSSR count). The molecule has 0 radical (unpaired) electrons.